The van der Waals surface area contributed by atoms with Crippen molar-refractivity contribution in [3.8, 4) is 0 Å². The molecule has 0 radical (unpaired) electrons. The number of piperidine rings is 1. The van der Waals surface area contributed by atoms with Crippen molar-refractivity contribution in [3.63, 3.8) is 0 Å². The van der Waals surface area contributed by atoms with E-state index in [2.05, 4.69) is 5.32 Å². The van der Waals surface area contributed by atoms with Gasteiger partial charge >= 0.3 is 5.97 Å². The monoisotopic (exact) mass is 240 g/mol. The Morgan fingerprint density at radius 2 is 2.24 bits per heavy atom. The number of carbonyl (C=O) groups is 3. The van der Waals surface area contributed by atoms with Gasteiger partial charge in [0.25, 0.3) is 0 Å². The molecule has 2 heterocycles. The summed E-state index contributed by atoms with van der Waals surface area (Å²) in [6, 6.07) is -0.162. The number of hydrogen-bond acceptors (Lipinski definition) is 3. The Morgan fingerprint density at radius 3 is 2.88 bits per heavy atom. The third kappa shape index (κ3) is 1.99. The molecule has 94 valence electrons. The fourth-order valence-electron chi connectivity index (χ4n) is 2.58. The highest BCUT2D eigenvalue weighted by atomic mass is 16.4. The SMILES string of the molecule is CC(C(=O)O)C(=O)N1CCCC2C(=O)NCC21. The minimum absolute atomic E-state index is 0.0181. The standard InChI is InChI=1S/C11H16N2O4/c1-6(11(16)17)10(15)13-4-2-3-7-8(13)5-12-9(7)14/h6-8H,2-5H2,1H3,(H,12,14)(H,16,17). The van der Waals surface area contributed by atoms with Crippen molar-refractivity contribution in [2.24, 2.45) is 11.8 Å². The number of nitrogens with zero attached hydrogens (tertiary/aromatic N) is 1. The van der Waals surface area contributed by atoms with Crippen LogP contribution in [0, 0.1) is 11.8 Å². The summed E-state index contributed by atoms with van der Waals surface area (Å²) in [6.45, 7) is 2.38. The Kier molecular flexibility index (Phi) is 3.04. The van der Waals surface area contributed by atoms with Gasteiger partial charge in [0.15, 0.2) is 0 Å². The first-order chi connectivity index (χ1) is 8.02. The van der Waals surface area contributed by atoms with Gasteiger partial charge in [-0.1, -0.05) is 0 Å². The Hall–Kier alpha value is -1.59. The lowest BCUT2D eigenvalue weighted by molar-refractivity contribution is -0.152. The molecule has 0 spiro atoms. The molecule has 2 saturated heterocycles. The van der Waals surface area contributed by atoms with Crippen LogP contribution in [0.5, 0.6) is 0 Å². The quantitative estimate of drug-likeness (QED) is 0.634. The van der Waals surface area contributed by atoms with Crippen molar-refractivity contribution in [2.75, 3.05) is 13.1 Å². The second-order valence-corrected chi connectivity index (χ2v) is 4.65. The van der Waals surface area contributed by atoms with Gasteiger partial charge in [-0.05, 0) is 19.8 Å². The van der Waals surface area contributed by atoms with Crippen LogP contribution in [0.15, 0.2) is 0 Å². The number of carboxylic acids is 1. The molecule has 3 unspecified atom stereocenters. The van der Waals surface area contributed by atoms with Crippen molar-refractivity contribution in [3.05, 3.63) is 0 Å². The highest BCUT2D eigenvalue weighted by molar-refractivity contribution is 5.97. The predicted octanol–water partition coefficient (Wildman–Crippen LogP) is -0.556. The van der Waals surface area contributed by atoms with Crippen molar-refractivity contribution >= 4 is 17.8 Å². The number of carboxylic acid groups (broad SMARTS) is 1. The molecular weight excluding hydrogens is 224 g/mol. The van der Waals surface area contributed by atoms with E-state index in [0.29, 0.717) is 13.1 Å². The molecule has 2 amide bonds. The summed E-state index contributed by atoms with van der Waals surface area (Å²) < 4.78 is 0. The summed E-state index contributed by atoms with van der Waals surface area (Å²) in [6.07, 6.45) is 1.54. The summed E-state index contributed by atoms with van der Waals surface area (Å²) in [4.78, 5) is 35.9. The maximum absolute atomic E-state index is 12.0. The Balaban J connectivity index is 2.13. The lowest BCUT2D eigenvalue weighted by Gasteiger charge is -2.36. The number of carbonyl (C=O) groups excluding carboxylic acids is 2. The third-order valence-corrected chi connectivity index (χ3v) is 3.63. The highest BCUT2D eigenvalue weighted by Crippen LogP contribution is 2.28. The molecule has 2 rings (SSSR count). The fourth-order valence-corrected chi connectivity index (χ4v) is 2.58. The van der Waals surface area contributed by atoms with Crippen LogP contribution in [-0.2, 0) is 14.4 Å². The van der Waals surface area contributed by atoms with E-state index < -0.39 is 11.9 Å². The van der Waals surface area contributed by atoms with Gasteiger partial charge in [0.1, 0.15) is 5.92 Å². The van der Waals surface area contributed by atoms with E-state index in [1.54, 1.807) is 4.90 Å². The van der Waals surface area contributed by atoms with Crippen LogP contribution in [0.25, 0.3) is 0 Å². The molecule has 2 aliphatic rings. The normalized spacial score (nSPS) is 29.5. The number of fused-ring (bicyclic) bond motifs is 1. The van der Waals surface area contributed by atoms with Crippen LogP contribution >= 0.6 is 0 Å². The van der Waals surface area contributed by atoms with Gasteiger partial charge in [-0.15, -0.1) is 0 Å². The zero-order chi connectivity index (χ0) is 12.6. The van der Waals surface area contributed by atoms with Crippen LogP contribution < -0.4 is 5.32 Å². The van der Waals surface area contributed by atoms with Crippen molar-refractivity contribution in [1.29, 1.82) is 0 Å². The minimum atomic E-state index is -1.12. The summed E-state index contributed by atoms with van der Waals surface area (Å²) >= 11 is 0. The maximum Gasteiger partial charge on any atom is 0.315 e. The number of likely N-dealkylation sites (tertiary alicyclic amines) is 1. The maximum atomic E-state index is 12.0. The number of nitrogens with one attached hydrogen (secondary N) is 1. The summed E-state index contributed by atoms with van der Waals surface area (Å²) in [5.74, 6) is -2.72. The van der Waals surface area contributed by atoms with E-state index in [1.165, 1.54) is 6.92 Å². The minimum Gasteiger partial charge on any atom is -0.481 e. The largest absolute Gasteiger partial charge is 0.481 e. The topological polar surface area (TPSA) is 86.7 Å². The lowest BCUT2D eigenvalue weighted by atomic mass is 9.90. The van der Waals surface area contributed by atoms with Crippen molar-refractivity contribution in [2.45, 2.75) is 25.8 Å². The van der Waals surface area contributed by atoms with Gasteiger partial charge in [-0.3, -0.25) is 14.4 Å². The van der Waals surface area contributed by atoms with Gasteiger partial charge in [0.05, 0.1) is 12.0 Å². The van der Waals surface area contributed by atoms with Crippen LogP contribution in [0.4, 0.5) is 0 Å². The Morgan fingerprint density at radius 1 is 1.53 bits per heavy atom. The van der Waals surface area contributed by atoms with Gasteiger partial charge in [-0.2, -0.15) is 0 Å². The van der Waals surface area contributed by atoms with E-state index in [9.17, 15) is 14.4 Å². The molecule has 6 heteroatoms. The molecule has 0 aromatic heterocycles. The molecular formula is C11H16N2O4. The van der Waals surface area contributed by atoms with Gasteiger partial charge in [0.2, 0.25) is 11.8 Å². The van der Waals surface area contributed by atoms with Crippen LogP contribution in [0.3, 0.4) is 0 Å². The van der Waals surface area contributed by atoms with E-state index in [4.69, 9.17) is 5.11 Å². The number of hydrogen-bond donors (Lipinski definition) is 2. The predicted molar refractivity (Wildman–Crippen MR) is 58.0 cm³/mol. The molecule has 3 atom stereocenters. The highest BCUT2D eigenvalue weighted by Gasteiger charge is 2.44. The van der Waals surface area contributed by atoms with E-state index in [1.807, 2.05) is 0 Å². The second kappa shape index (κ2) is 4.35. The van der Waals surface area contributed by atoms with Crippen LogP contribution in [0.2, 0.25) is 0 Å². The Bertz CT molecular complexity index is 368. The summed E-state index contributed by atoms with van der Waals surface area (Å²) in [5.41, 5.74) is 0. The second-order valence-electron chi connectivity index (χ2n) is 4.65. The van der Waals surface area contributed by atoms with Crippen LogP contribution in [0.1, 0.15) is 19.8 Å². The first-order valence-electron chi connectivity index (χ1n) is 5.83. The molecule has 0 aromatic carbocycles. The summed E-state index contributed by atoms with van der Waals surface area (Å²) in [5, 5.41) is 11.6. The van der Waals surface area contributed by atoms with Crippen LogP contribution in [-0.4, -0.2) is 46.9 Å². The zero-order valence-corrected chi connectivity index (χ0v) is 9.68. The van der Waals surface area contributed by atoms with Gasteiger partial charge in [0, 0.05) is 13.1 Å². The molecule has 0 bridgehead atoms. The fraction of sp³-hybridized carbons (Fsp3) is 0.727. The van der Waals surface area contributed by atoms with Crippen molar-refractivity contribution in [1.82, 2.24) is 10.2 Å². The van der Waals surface area contributed by atoms with Crippen molar-refractivity contribution < 1.29 is 19.5 Å². The number of rotatable bonds is 2. The third-order valence-electron chi connectivity index (χ3n) is 3.63. The average Bonchev–Trinajstić information content (AvgIpc) is 2.69. The molecule has 2 N–H and O–H groups in total. The molecule has 6 nitrogen and oxygen atoms in total. The zero-order valence-electron chi connectivity index (χ0n) is 9.68. The van der Waals surface area contributed by atoms with E-state index >= 15 is 0 Å². The molecule has 0 aliphatic carbocycles. The molecule has 2 fully saturated rings. The first-order valence-corrected chi connectivity index (χ1v) is 5.83. The number of amides is 2. The molecule has 17 heavy (non-hydrogen) atoms. The lowest BCUT2D eigenvalue weighted by Crippen LogP contribution is -2.51. The molecule has 0 saturated carbocycles. The van der Waals surface area contributed by atoms with Gasteiger partial charge in [-0.25, -0.2) is 0 Å². The smallest absolute Gasteiger partial charge is 0.315 e. The van der Waals surface area contributed by atoms with E-state index in [0.717, 1.165) is 12.8 Å². The Labute approximate surface area is 99.0 Å². The number of aliphatic carboxylic acids is 1. The molecule has 0 aromatic rings. The average molecular weight is 240 g/mol. The van der Waals surface area contributed by atoms with Gasteiger partial charge < -0.3 is 15.3 Å². The summed E-state index contributed by atoms with van der Waals surface area (Å²) in [7, 11) is 0. The first kappa shape index (κ1) is 11.9. The van der Waals surface area contributed by atoms with E-state index in [-0.39, 0.29) is 23.8 Å². The molecule has 2 aliphatic heterocycles.